The highest BCUT2D eigenvalue weighted by Crippen LogP contribution is 2.25. The molecule has 0 aliphatic rings. The maximum Gasteiger partial charge on any atom is 0.250 e. The lowest BCUT2D eigenvalue weighted by molar-refractivity contribution is -0.111. The van der Waals surface area contributed by atoms with E-state index in [1.807, 2.05) is 17.5 Å². The van der Waals surface area contributed by atoms with Crippen LogP contribution in [0.15, 0.2) is 60.0 Å². The molecule has 126 valence electrons. The normalized spacial score (nSPS) is 11.0. The molecule has 1 heterocycles. The third kappa shape index (κ3) is 4.61. The van der Waals surface area contributed by atoms with Gasteiger partial charge in [0.1, 0.15) is 5.82 Å². The van der Waals surface area contributed by atoms with Crippen LogP contribution in [0.2, 0.25) is 0 Å². The largest absolute Gasteiger partial charge is 0.298 e. The molecule has 0 bridgehead atoms. The van der Waals surface area contributed by atoms with Crippen molar-refractivity contribution in [3.8, 4) is 11.3 Å². The van der Waals surface area contributed by atoms with Gasteiger partial charge in [0.2, 0.25) is 5.91 Å². The average molecular weight is 352 g/mol. The molecule has 1 N–H and O–H groups in total. The zero-order valence-electron chi connectivity index (χ0n) is 13.7. The quantitative estimate of drug-likeness (QED) is 0.644. The Labute approximate surface area is 149 Å². The lowest BCUT2D eigenvalue weighted by atomic mass is 10.1. The predicted molar refractivity (Wildman–Crippen MR) is 101 cm³/mol. The number of anilines is 1. The topological polar surface area (TPSA) is 42.0 Å². The molecule has 0 atom stereocenters. The predicted octanol–water partition coefficient (Wildman–Crippen LogP) is 5.16. The third-order valence-corrected chi connectivity index (χ3v) is 4.45. The molecule has 0 saturated heterocycles. The summed E-state index contributed by atoms with van der Waals surface area (Å²) in [5.41, 5.74) is 3.90. The summed E-state index contributed by atoms with van der Waals surface area (Å²) in [5.74, 6) is -0.574. The minimum absolute atomic E-state index is 0.272. The Bertz CT molecular complexity index is 883. The van der Waals surface area contributed by atoms with Crippen LogP contribution in [-0.4, -0.2) is 10.9 Å². The number of nitrogens with one attached hydrogen (secondary N) is 1. The molecular weight excluding hydrogens is 335 g/mol. The summed E-state index contributed by atoms with van der Waals surface area (Å²) in [4.78, 5) is 16.4. The average Bonchev–Trinajstić information content (AvgIpc) is 3.10. The van der Waals surface area contributed by atoms with Gasteiger partial charge in [0.05, 0.1) is 5.69 Å². The van der Waals surface area contributed by atoms with Gasteiger partial charge in [0.25, 0.3) is 0 Å². The molecule has 0 spiro atoms. The molecule has 0 saturated carbocycles. The van der Waals surface area contributed by atoms with Crippen molar-refractivity contribution in [1.29, 1.82) is 0 Å². The highest BCUT2D eigenvalue weighted by atomic mass is 32.1. The lowest BCUT2D eigenvalue weighted by Gasteiger charge is -1.99. The standard InChI is InChI=1S/C20H17FN2OS/c1-2-14-3-8-16(9-4-14)18-13-25-20(22-18)23-19(24)12-7-15-5-10-17(21)11-6-15/h3-13H,2H2,1H3,(H,22,23,24). The van der Waals surface area contributed by atoms with Crippen LogP contribution in [0.25, 0.3) is 17.3 Å². The number of rotatable bonds is 5. The van der Waals surface area contributed by atoms with E-state index < -0.39 is 0 Å². The molecule has 5 heteroatoms. The van der Waals surface area contributed by atoms with Crippen LogP contribution in [-0.2, 0) is 11.2 Å². The van der Waals surface area contributed by atoms with Crippen LogP contribution in [0.5, 0.6) is 0 Å². The highest BCUT2D eigenvalue weighted by molar-refractivity contribution is 7.14. The number of hydrogen-bond donors (Lipinski definition) is 1. The van der Waals surface area contributed by atoms with Gasteiger partial charge < -0.3 is 0 Å². The molecule has 0 unspecified atom stereocenters. The first-order valence-corrected chi connectivity index (χ1v) is 8.81. The summed E-state index contributed by atoms with van der Waals surface area (Å²) in [6.45, 7) is 2.12. The smallest absolute Gasteiger partial charge is 0.250 e. The molecule has 1 amide bonds. The molecule has 0 fully saturated rings. The lowest BCUT2D eigenvalue weighted by Crippen LogP contribution is -2.07. The molecule has 3 rings (SSSR count). The monoisotopic (exact) mass is 352 g/mol. The maximum atomic E-state index is 12.8. The number of aromatic nitrogens is 1. The van der Waals surface area contributed by atoms with Gasteiger partial charge in [0.15, 0.2) is 5.13 Å². The van der Waals surface area contributed by atoms with E-state index in [0.29, 0.717) is 5.13 Å². The van der Waals surface area contributed by atoms with Crippen molar-refractivity contribution >= 4 is 28.5 Å². The molecule has 2 aromatic carbocycles. The van der Waals surface area contributed by atoms with E-state index in [1.54, 1.807) is 18.2 Å². The van der Waals surface area contributed by atoms with E-state index in [2.05, 4.69) is 29.4 Å². The molecule has 0 aliphatic carbocycles. The molecule has 0 radical (unpaired) electrons. The van der Waals surface area contributed by atoms with Gasteiger partial charge in [-0.3, -0.25) is 10.1 Å². The van der Waals surface area contributed by atoms with Gasteiger partial charge in [-0.05, 0) is 35.8 Å². The Balaban J connectivity index is 1.64. The first-order valence-electron chi connectivity index (χ1n) is 7.93. The molecular formula is C20H17FN2OS. The van der Waals surface area contributed by atoms with Gasteiger partial charge >= 0.3 is 0 Å². The number of carbonyl (C=O) groups is 1. The maximum absolute atomic E-state index is 12.8. The number of hydrogen-bond acceptors (Lipinski definition) is 3. The van der Waals surface area contributed by atoms with Gasteiger partial charge in [-0.2, -0.15) is 0 Å². The van der Waals surface area contributed by atoms with Crippen molar-refractivity contribution in [3.63, 3.8) is 0 Å². The molecule has 3 nitrogen and oxygen atoms in total. The zero-order valence-corrected chi connectivity index (χ0v) is 14.5. The van der Waals surface area contributed by atoms with Gasteiger partial charge in [-0.15, -0.1) is 11.3 Å². The van der Waals surface area contributed by atoms with Gasteiger partial charge in [0, 0.05) is 17.0 Å². The van der Waals surface area contributed by atoms with Crippen LogP contribution in [0.1, 0.15) is 18.1 Å². The third-order valence-electron chi connectivity index (χ3n) is 3.69. The Hall–Kier alpha value is -2.79. The molecule has 0 aliphatic heterocycles. The van der Waals surface area contributed by atoms with E-state index in [1.165, 1.54) is 35.1 Å². The fraction of sp³-hybridized carbons (Fsp3) is 0.100. The minimum Gasteiger partial charge on any atom is -0.298 e. The summed E-state index contributed by atoms with van der Waals surface area (Å²) in [6, 6.07) is 14.2. The Morgan fingerprint density at radius 1 is 1.16 bits per heavy atom. The van der Waals surface area contributed by atoms with Crippen LogP contribution >= 0.6 is 11.3 Å². The minimum atomic E-state index is -0.302. The van der Waals surface area contributed by atoms with Crippen LogP contribution in [0.3, 0.4) is 0 Å². The fourth-order valence-corrected chi connectivity index (χ4v) is 2.99. The van der Waals surface area contributed by atoms with Crippen LogP contribution in [0, 0.1) is 5.82 Å². The Morgan fingerprint density at radius 2 is 1.88 bits per heavy atom. The summed E-state index contributed by atoms with van der Waals surface area (Å²) in [5, 5.41) is 5.21. The molecule has 3 aromatic rings. The fourth-order valence-electron chi connectivity index (χ4n) is 2.27. The second-order valence-electron chi connectivity index (χ2n) is 5.46. The highest BCUT2D eigenvalue weighted by Gasteiger charge is 2.06. The first-order chi connectivity index (χ1) is 12.1. The number of aryl methyl sites for hydroxylation is 1. The summed E-state index contributed by atoms with van der Waals surface area (Å²) >= 11 is 1.38. The van der Waals surface area contributed by atoms with E-state index >= 15 is 0 Å². The van der Waals surface area contributed by atoms with Gasteiger partial charge in [-0.25, -0.2) is 9.37 Å². The van der Waals surface area contributed by atoms with Gasteiger partial charge in [-0.1, -0.05) is 43.3 Å². The van der Waals surface area contributed by atoms with Crippen LogP contribution in [0.4, 0.5) is 9.52 Å². The Morgan fingerprint density at radius 3 is 2.56 bits per heavy atom. The van der Waals surface area contributed by atoms with Crippen molar-refractivity contribution in [1.82, 2.24) is 4.98 Å². The van der Waals surface area contributed by atoms with E-state index in [0.717, 1.165) is 23.2 Å². The number of nitrogens with zero attached hydrogens (tertiary/aromatic N) is 1. The van der Waals surface area contributed by atoms with Crippen molar-refractivity contribution < 1.29 is 9.18 Å². The summed E-state index contributed by atoms with van der Waals surface area (Å²) in [7, 11) is 0. The summed E-state index contributed by atoms with van der Waals surface area (Å²) in [6.07, 6.45) is 4.04. The molecule has 1 aromatic heterocycles. The van der Waals surface area contributed by atoms with E-state index in [9.17, 15) is 9.18 Å². The Kier molecular flexibility index (Phi) is 5.36. The zero-order chi connectivity index (χ0) is 17.6. The number of benzene rings is 2. The number of amides is 1. The van der Waals surface area contributed by atoms with E-state index in [4.69, 9.17) is 0 Å². The number of halogens is 1. The second-order valence-corrected chi connectivity index (χ2v) is 6.32. The second kappa shape index (κ2) is 7.85. The van der Waals surface area contributed by atoms with Crippen LogP contribution < -0.4 is 5.32 Å². The van der Waals surface area contributed by atoms with Crippen molar-refractivity contribution in [2.45, 2.75) is 13.3 Å². The van der Waals surface area contributed by atoms with E-state index in [-0.39, 0.29) is 11.7 Å². The SMILES string of the molecule is CCc1ccc(-c2csc(NC(=O)C=Cc3ccc(F)cc3)n2)cc1. The van der Waals surface area contributed by atoms with Crippen molar-refractivity contribution in [2.75, 3.05) is 5.32 Å². The van der Waals surface area contributed by atoms with Crippen molar-refractivity contribution in [3.05, 3.63) is 76.9 Å². The van der Waals surface area contributed by atoms with Crippen molar-refractivity contribution in [2.24, 2.45) is 0 Å². The summed E-state index contributed by atoms with van der Waals surface area (Å²) < 4.78 is 12.8. The molecule has 25 heavy (non-hydrogen) atoms. The first kappa shape index (κ1) is 17.0. The number of carbonyl (C=O) groups excluding carboxylic acids is 1. The number of thiazole rings is 1.